The van der Waals surface area contributed by atoms with Gasteiger partial charge in [-0.15, -0.1) is 0 Å². The zero-order chi connectivity index (χ0) is 12.4. The third-order valence-corrected chi connectivity index (χ3v) is 3.06. The summed E-state index contributed by atoms with van der Waals surface area (Å²) in [5, 5.41) is 9.44. The second-order valence-corrected chi connectivity index (χ2v) is 4.64. The van der Waals surface area contributed by atoms with Gasteiger partial charge < -0.3 is 14.9 Å². The third kappa shape index (κ3) is 2.58. The molecule has 4 heteroatoms. The Morgan fingerprint density at radius 1 is 1.47 bits per heavy atom. The zero-order valence-corrected chi connectivity index (χ0v) is 10.3. The molecule has 1 amide bonds. The Hall–Kier alpha value is -1.55. The minimum absolute atomic E-state index is 0.00486. The summed E-state index contributed by atoms with van der Waals surface area (Å²) in [6, 6.07) is 7.55. The van der Waals surface area contributed by atoms with E-state index in [-0.39, 0.29) is 12.0 Å². The lowest BCUT2D eigenvalue weighted by Crippen LogP contribution is -2.29. The SMILES string of the molecule is CN(C)c1cccc(C(=O)N2CC[C@H](O)C2)c1. The van der Waals surface area contributed by atoms with Gasteiger partial charge >= 0.3 is 0 Å². The predicted molar refractivity (Wildman–Crippen MR) is 67.3 cm³/mol. The number of benzene rings is 1. The standard InChI is InChI=1S/C13H18N2O2/c1-14(2)11-5-3-4-10(8-11)13(17)15-7-6-12(16)9-15/h3-5,8,12,16H,6-7,9H2,1-2H3/t12-/m0/s1. The number of aliphatic hydroxyl groups is 1. The Balaban J connectivity index is 2.16. The van der Waals surface area contributed by atoms with Crippen LogP contribution in [0.3, 0.4) is 0 Å². The van der Waals surface area contributed by atoms with Crippen LogP contribution in [0.2, 0.25) is 0 Å². The van der Waals surface area contributed by atoms with Crippen molar-refractivity contribution in [1.82, 2.24) is 4.90 Å². The summed E-state index contributed by atoms with van der Waals surface area (Å²) in [4.78, 5) is 15.8. The average Bonchev–Trinajstić information content (AvgIpc) is 2.75. The Morgan fingerprint density at radius 3 is 2.82 bits per heavy atom. The zero-order valence-electron chi connectivity index (χ0n) is 10.3. The molecule has 1 atom stereocenters. The second kappa shape index (κ2) is 4.75. The maximum absolute atomic E-state index is 12.2. The lowest BCUT2D eigenvalue weighted by atomic mass is 10.1. The summed E-state index contributed by atoms with van der Waals surface area (Å²) < 4.78 is 0. The smallest absolute Gasteiger partial charge is 0.254 e. The molecule has 1 heterocycles. The molecule has 1 saturated heterocycles. The maximum atomic E-state index is 12.2. The summed E-state index contributed by atoms with van der Waals surface area (Å²) in [6.45, 7) is 1.09. The van der Waals surface area contributed by atoms with Crippen molar-refractivity contribution in [2.75, 3.05) is 32.1 Å². The number of hydrogen-bond donors (Lipinski definition) is 1. The first-order valence-electron chi connectivity index (χ1n) is 5.82. The molecule has 0 radical (unpaired) electrons. The molecule has 2 rings (SSSR count). The number of carbonyl (C=O) groups is 1. The molecule has 1 fully saturated rings. The molecule has 1 aliphatic rings. The van der Waals surface area contributed by atoms with E-state index in [0.717, 1.165) is 5.69 Å². The van der Waals surface area contributed by atoms with Gasteiger partial charge in [0, 0.05) is 38.4 Å². The summed E-state index contributed by atoms with van der Waals surface area (Å²) in [7, 11) is 3.90. The van der Waals surface area contributed by atoms with Gasteiger partial charge in [0.25, 0.3) is 5.91 Å². The van der Waals surface area contributed by atoms with Gasteiger partial charge in [0.1, 0.15) is 0 Å². The maximum Gasteiger partial charge on any atom is 0.254 e. The number of β-amino-alcohol motifs (C(OH)–C–C–N with tert-alkyl or cyclic N) is 1. The summed E-state index contributed by atoms with van der Waals surface area (Å²) in [6.07, 6.45) is 0.315. The van der Waals surface area contributed by atoms with Crippen LogP contribution in [0.4, 0.5) is 5.69 Å². The lowest BCUT2D eigenvalue weighted by Gasteiger charge is -2.17. The van der Waals surface area contributed by atoms with Gasteiger partial charge in [-0.1, -0.05) is 6.07 Å². The topological polar surface area (TPSA) is 43.8 Å². The number of aliphatic hydroxyl groups excluding tert-OH is 1. The quantitative estimate of drug-likeness (QED) is 0.829. The first-order valence-corrected chi connectivity index (χ1v) is 5.82. The molecule has 0 saturated carbocycles. The molecule has 0 unspecified atom stereocenters. The number of carbonyl (C=O) groups excluding carboxylic acids is 1. The van der Waals surface area contributed by atoms with Gasteiger partial charge in [-0.25, -0.2) is 0 Å². The molecule has 4 nitrogen and oxygen atoms in total. The van der Waals surface area contributed by atoms with E-state index in [1.807, 2.05) is 43.3 Å². The molecular formula is C13H18N2O2. The number of anilines is 1. The number of rotatable bonds is 2. The lowest BCUT2D eigenvalue weighted by molar-refractivity contribution is 0.0765. The van der Waals surface area contributed by atoms with Crippen molar-refractivity contribution in [1.29, 1.82) is 0 Å². The van der Waals surface area contributed by atoms with Crippen molar-refractivity contribution < 1.29 is 9.90 Å². The van der Waals surface area contributed by atoms with Crippen molar-refractivity contribution in [2.45, 2.75) is 12.5 Å². The number of likely N-dealkylation sites (tertiary alicyclic amines) is 1. The number of nitrogens with zero attached hydrogens (tertiary/aromatic N) is 2. The van der Waals surface area contributed by atoms with E-state index in [1.165, 1.54) is 0 Å². The normalized spacial score (nSPS) is 19.5. The molecule has 0 aliphatic carbocycles. The van der Waals surface area contributed by atoms with Gasteiger partial charge in [-0.3, -0.25) is 4.79 Å². The number of hydrogen-bond acceptors (Lipinski definition) is 3. The van der Waals surface area contributed by atoms with Crippen LogP contribution in [-0.4, -0.2) is 49.2 Å². The minimum atomic E-state index is -0.365. The van der Waals surface area contributed by atoms with E-state index >= 15 is 0 Å². The van der Waals surface area contributed by atoms with E-state index < -0.39 is 0 Å². The molecular weight excluding hydrogens is 216 g/mol. The molecule has 1 aliphatic heterocycles. The van der Waals surface area contributed by atoms with Crippen molar-refractivity contribution >= 4 is 11.6 Å². The monoisotopic (exact) mass is 234 g/mol. The van der Waals surface area contributed by atoms with Crippen molar-refractivity contribution in [3.8, 4) is 0 Å². The largest absolute Gasteiger partial charge is 0.391 e. The van der Waals surface area contributed by atoms with Crippen LogP contribution in [-0.2, 0) is 0 Å². The highest BCUT2D eigenvalue weighted by molar-refractivity contribution is 5.95. The highest BCUT2D eigenvalue weighted by atomic mass is 16.3. The molecule has 1 N–H and O–H groups in total. The van der Waals surface area contributed by atoms with Crippen LogP contribution < -0.4 is 4.90 Å². The molecule has 0 bridgehead atoms. The fourth-order valence-electron chi connectivity index (χ4n) is 2.03. The highest BCUT2D eigenvalue weighted by Gasteiger charge is 2.25. The van der Waals surface area contributed by atoms with Crippen LogP contribution in [0.5, 0.6) is 0 Å². The Kier molecular flexibility index (Phi) is 3.33. The van der Waals surface area contributed by atoms with Crippen molar-refractivity contribution in [3.05, 3.63) is 29.8 Å². The highest BCUT2D eigenvalue weighted by Crippen LogP contribution is 2.17. The van der Waals surface area contributed by atoms with Gasteiger partial charge in [-0.05, 0) is 24.6 Å². The molecule has 1 aromatic rings. The number of amides is 1. The van der Waals surface area contributed by atoms with E-state index in [4.69, 9.17) is 0 Å². The summed E-state index contributed by atoms with van der Waals surface area (Å²) in [5.74, 6) is 0.00486. The molecule has 1 aromatic carbocycles. The van der Waals surface area contributed by atoms with E-state index in [0.29, 0.717) is 25.1 Å². The fraction of sp³-hybridized carbons (Fsp3) is 0.462. The van der Waals surface area contributed by atoms with Crippen LogP contribution in [0.1, 0.15) is 16.8 Å². The minimum Gasteiger partial charge on any atom is -0.391 e. The van der Waals surface area contributed by atoms with Crippen LogP contribution in [0, 0.1) is 0 Å². The van der Waals surface area contributed by atoms with Crippen LogP contribution in [0.15, 0.2) is 24.3 Å². The second-order valence-electron chi connectivity index (χ2n) is 4.64. The molecule has 92 valence electrons. The van der Waals surface area contributed by atoms with E-state index in [2.05, 4.69) is 0 Å². The van der Waals surface area contributed by atoms with E-state index in [1.54, 1.807) is 4.90 Å². The average molecular weight is 234 g/mol. The summed E-state index contributed by atoms with van der Waals surface area (Å²) >= 11 is 0. The van der Waals surface area contributed by atoms with Crippen LogP contribution >= 0.6 is 0 Å². The van der Waals surface area contributed by atoms with Gasteiger partial charge in [-0.2, -0.15) is 0 Å². The van der Waals surface area contributed by atoms with Crippen molar-refractivity contribution in [2.24, 2.45) is 0 Å². The first kappa shape index (κ1) is 11.9. The van der Waals surface area contributed by atoms with Crippen molar-refractivity contribution in [3.63, 3.8) is 0 Å². The van der Waals surface area contributed by atoms with Gasteiger partial charge in [0.15, 0.2) is 0 Å². The Labute approximate surface area is 101 Å². The van der Waals surface area contributed by atoms with Gasteiger partial charge in [0.2, 0.25) is 0 Å². The predicted octanol–water partition coefficient (Wildman–Crippen LogP) is 0.959. The molecule has 0 spiro atoms. The Bertz CT molecular complexity index is 418. The van der Waals surface area contributed by atoms with Gasteiger partial charge in [0.05, 0.1) is 6.10 Å². The van der Waals surface area contributed by atoms with E-state index in [9.17, 15) is 9.90 Å². The third-order valence-electron chi connectivity index (χ3n) is 3.06. The molecule has 17 heavy (non-hydrogen) atoms. The molecule has 0 aromatic heterocycles. The Morgan fingerprint density at radius 2 is 2.24 bits per heavy atom. The fourth-order valence-corrected chi connectivity index (χ4v) is 2.03. The first-order chi connectivity index (χ1) is 8.08. The summed E-state index contributed by atoms with van der Waals surface area (Å²) in [5.41, 5.74) is 1.70. The van der Waals surface area contributed by atoms with Crippen LogP contribution in [0.25, 0.3) is 0 Å².